The quantitative estimate of drug-likeness (QED) is 0.448. The second-order valence-electron chi connectivity index (χ2n) is 7.84. The number of hydrogen-bond acceptors (Lipinski definition) is 7. The number of benzene rings is 2. The van der Waals surface area contributed by atoms with Gasteiger partial charge >= 0.3 is 0 Å². The van der Waals surface area contributed by atoms with Gasteiger partial charge in [0.05, 0.1) is 24.4 Å². The fourth-order valence-electron chi connectivity index (χ4n) is 2.94. The smallest absolute Gasteiger partial charge is 0.294 e. The largest absolute Gasteiger partial charge is 0.424 e. The standard InChI is InChI=1S/C15H22FNO4S.C7H6N2O/c1-11-4-5-14(22(18,19)20)13(6-11)15(2,3)10-21-9-12(7-16)8-17;8-7-9-5-3-1-2-4-6(5)10-7/h4-7H,8-10,17H2,1-3H3,(H,18,19,20);1-4H,(H2,8,9)/b12-7+;. The molecule has 1 heterocycles. The van der Waals surface area contributed by atoms with Crippen molar-refractivity contribution in [2.75, 3.05) is 25.5 Å². The second kappa shape index (κ2) is 10.7. The van der Waals surface area contributed by atoms with E-state index in [2.05, 4.69) is 4.98 Å². The van der Waals surface area contributed by atoms with Crippen LogP contribution in [0.15, 0.2) is 63.7 Å². The van der Waals surface area contributed by atoms with Crippen LogP contribution in [0.2, 0.25) is 0 Å². The molecule has 174 valence electrons. The number of nitrogens with zero attached hydrogens (tertiary/aromatic N) is 1. The first-order valence-corrected chi connectivity index (χ1v) is 11.2. The van der Waals surface area contributed by atoms with Crippen LogP contribution in [0.5, 0.6) is 0 Å². The first-order valence-electron chi connectivity index (χ1n) is 9.73. The lowest BCUT2D eigenvalue weighted by molar-refractivity contribution is 0.110. The lowest BCUT2D eigenvalue weighted by Gasteiger charge is -2.27. The van der Waals surface area contributed by atoms with Crippen molar-refractivity contribution in [1.29, 1.82) is 0 Å². The number of halogens is 1. The minimum atomic E-state index is -4.33. The summed E-state index contributed by atoms with van der Waals surface area (Å²) in [5.74, 6) is 0. The van der Waals surface area contributed by atoms with E-state index in [0.717, 1.165) is 16.7 Å². The molecule has 0 saturated carbocycles. The molecule has 0 bridgehead atoms. The third-order valence-electron chi connectivity index (χ3n) is 4.62. The average Bonchev–Trinajstić information content (AvgIpc) is 3.11. The van der Waals surface area contributed by atoms with Gasteiger partial charge in [0.2, 0.25) is 0 Å². The number of oxazole rings is 1. The molecule has 0 spiro atoms. The molecule has 0 fully saturated rings. The van der Waals surface area contributed by atoms with Crippen molar-refractivity contribution in [2.24, 2.45) is 5.73 Å². The molecule has 0 aliphatic heterocycles. The first-order chi connectivity index (χ1) is 15.0. The molecule has 0 unspecified atom stereocenters. The molecule has 10 heteroatoms. The molecule has 3 rings (SSSR count). The maximum absolute atomic E-state index is 12.4. The highest BCUT2D eigenvalue weighted by Gasteiger charge is 2.28. The number of nitrogens with two attached hydrogens (primary N) is 2. The van der Waals surface area contributed by atoms with Gasteiger partial charge in [0.25, 0.3) is 16.1 Å². The summed E-state index contributed by atoms with van der Waals surface area (Å²) in [4.78, 5) is 3.78. The highest BCUT2D eigenvalue weighted by Crippen LogP contribution is 2.30. The van der Waals surface area contributed by atoms with Gasteiger partial charge in [-0.3, -0.25) is 4.55 Å². The number of rotatable bonds is 7. The Morgan fingerprint density at radius 1 is 1.28 bits per heavy atom. The van der Waals surface area contributed by atoms with Gasteiger partial charge in [-0.15, -0.1) is 0 Å². The van der Waals surface area contributed by atoms with E-state index in [-0.39, 0.29) is 30.7 Å². The SMILES string of the molecule is Cc1ccc(S(=O)(=O)O)c(C(C)(C)COC/C(=C/F)CN)c1.Nc1nc2ccccc2o1. The molecule has 1 aromatic heterocycles. The molecular weight excluding hydrogens is 437 g/mol. The summed E-state index contributed by atoms with van der Waals surface area (Å²) in [5.41, 5.74) is 13.1. The van der Waals surface area contributed by atoms with Crippen molar-refractivity contribution < 1.29 is 26.5 Å². The number of nitrogen functional groups attached to an aromatic ring is 1. The maximum Gasteiger partial charge on any atom is 0.294 e. The molecular formula is C22H28FN3O5S. The van der Waals surface area contributed by atoms with Gasteiger partial charge in [-0.2, -0.15) is 13.4 Å². The Balaban J connectivity index is 0.000000297. The summed E-state index contributed by atoms with van der Waals surface area (Å²) < 4.78 is 55.3. The molecule has 0 saturated heterocycles. The number of aryl methyl sites for hydroxylation is 1. The number of anilines is 1. The zero-order chi connectivity index (χ0) is 23.9. The Labute approximate surface area is 186 Å². The molecule has 0 radical (unpaired) electrons. The topological polar surface area (TPSA) is 142 Å². The van der Waals surface area contributed by atoms with Crippen LogP contribution in [0, 0.1) is 6.92 Å². The highest BCUT2D eigenvalue weighted by molar-refractivity contribution is 7.85. The predicted molar refractivity (Wildman–Crippen MR) is 122 cm³/mol. The molecule has 32 heavy (non-hydrogen) atoms. The van der Waals surface area contributed by atoms with Gasteiger partial charge in [-0.25, -0.2) is 4.39 Å². The Kier molecular flexibility index (Phi) is 8.51. The molecule has 0 atom stereocenters. The highest BCUT2D eigenvalue weighted by atomic mass is 32.2. The summed E-state index contributed by atoms with van der Waals surface area (Å²) >= 11 is 0. The van der Waals surface area contributed by atoms with E-state index in [1.165, 1.54) is 6.07 Å². The molecule has 2 aromatic carbocycles. The van der Waals surface area contributed by atoms with Crippen LogP contribution in [-0.2, 0) is 20.3 Å². The van der Waals surface area contributed by atoms with Gasteiger partial charge in [0.15, 0.2) is 5.58 Å². The monoisotopic (exact) mass is 465 g/mol. The van der Waals surface area contributed by atoms with Gasteiger partial charge in [0, 0.05) is 12.0 Å². The van der Waals surface area contributed by atoms with E-state index in [1.54, 1.807) is 26.0 Å². The van der Waals surface area contributed by atoms with Crippen LogP contribution in [0.3, 0.4) is 0 Å². The normalized spacial score (nSPS) is 12.5. The van der Waals surface area contributed by atoms with Gasteiger partial charge in [-0.05, 0) is 36.3 Å². The zero-order valence-electron chi connectivity index (χ0n) is 18.2. The van der Waals surface area contributed by atoms with Crippen LogP contribution in [-0.4, -0.2) is 37.7 Å². The van der Waals surface area contributed by atoms with Crippen LogP contribution in [0.4, 0.5) is 10.4 Å². The Bertz CT molecular complexity index is 1160. The Morgan fingerprint density at radius 2 is 1.97 bits per heavy atom. The fraction of sp³-hybridized carbons (Fsp3) is 0.318. The minimum absolute atomic E-state index is 0.0312. The third-order valence-corrected chi connectivity index (χ3v) is 5.53. The molecule has 0 amide bonds. The van der Waals surface area contributed by atoms with Crippen molar-refractivity contribution in [1.82, 2.24) is 4.98 Å². The van der Waals surface area contributed by atoms with Crippen molar-refractivity contribution in [2.45, 2.75) is 31.1 Å². The molecule has 0 aliphatic carbocycles. The molecule has 3 aromatic rings. The average molecular weight is 466 g/mol. The van der Waals surface area contributed by atoms with Crippen LogP contribution in [0.1, 0.15) is 25.0 Å². The van der Waals surface area contributed by atoms with Gasteiger partial charge in [-0.1, -0.05) is 43.7 Å². The van der Waals surface area contributed by atoms with Crippen molar-refractivity contribution in [3.8, 4) is 0 Å². The Morgan fingerprint density at radius 3 is 2.56 bits per heavy atom. The number of fused-ring (bicyclic) bond motifs is 1. The summed E-state index contributed by atoms with van der Waals surface area (Å²) in [6, 6.07) is 12.4. The number of ether oxygens (including phenoxy) is 1. The van der Waals surface area contributed by atoms with E-state index in [0.29, 0.717) is 17.5 Å². The van der Waals surface area contributed by atoms with Gasteiger partial charge in [0.1, 0.15) is 5.52 Å². The van der Waals surface area contributed by atoms with Gasteiger partial charge < -0.3 is 20.6 Å². The van der Waals surface area contributed by atoms with Crippen LogP contribution < -0.4 is 11.5 Å². The lowest BCUT2D eigenvalue weighted by atomic mass is 9.84. The summed E-state index contributed by atoms with van der Waals surface area (Å²) in [6.07, 6.45) is 0.406. The molecule has 5 N–H and O–H groups in total. The number of hydrogen-bond donors (Lipinski definition) is 3. The van der Waals surface area contributed by atoms with Crippen molar-refractivity contribution >= 4 is 27.2 Å². The second-order valence-corrected chi connectivity index (χ2v) is 9.23. The van der Waals surface area contributed by atoms with Crippen molar-refractivity contribution in [3.05, 3.63) is 65.5 Å². The molecule has 8 nitrogen and oxygen atoms in total. The summed E-state index contributed by atoms with van der Waals surface area (Å²) in [7, 11) is -4.33. The maximum atomic E-state index is 12.4. The zero-order valence-corrected chi connectivity index (χ0v) is 19.0. The van der Waals surface area contributed by atoms with E-state index in [9.17, 15) is 17.4 Å². The van der Waals surface area contributed by atoms with E-state index in [4.69, 9.17) is 20.6 Å². The number of para-hydroxylation sites is 2. The number of aromatic nitrogens is 1. The third kappa shape index (κ3) is 6.86. The van der Waals surface area contributed by atoms with Crippen LogP contribution >= 0.6 is 0 Å². The van der Waals surface area contributed by atoms with E-state index < -0.39 is 15.5 Å². The van der Waals surface area contributed by atoms with Crippen LogP contribution in [0.25, 0.3) is 11.1 Å². The Hall–Kier alpha value is -2.79. The predicted octanol–water partition coefficient (Wildman–Crippen LogP) is 3.76. The minimum Gasteiger partial charge on any atom is -0.424 e. The fourth-order valence-corrected chi connectivity index (χ4v) is 3.79. The molecule has 0 aliphatic rings. The van der Waals surface area contributed by atoms with Crippen molar-refractivity contribution in [3.63, 3.8) is 0 Å². The summed E-state index contributed by atoms with van der Waals surface area (Å²) in [5, 5.41) is 0. The van der Waals surface area contributed by atoms with E-state index in [1.807, 2.05) is 31.2 Å². The lowest BCUT2D eigenvalue weighted by Crippen LogP contribution is -2.28. The van der Waals surface area contributed by atoms with E-state index >= 15 is 0 Å². The summed E-state index contributed by atoms with van der Waals surface area (Å²) in [6.45, 7) is 5.64. The first kappa shape index (κ1) is 25.5.